The van der Waals surface area contributed by atoms with E-state index in [1.807, 2.05) is 4.90 Å². The van der Waals surface area contributed by atoms with Crippen molar-refractivity contribution in [1.82, 2.24) is 14.7 Å². The summed E-state index contributed by atoms with van der Waals surface area (Å²) >= 11 is 0. The highest BCUT2D eigenvalue weighted by Gasteiger charge is 2.29. The van der Waals surface area contributed by atoms with E-state index in [-0.39, 0.29) is 61.8 Å². The number of carbonyl (C=O) groups excluding carboxylic acids is 2. The fourth-order valence-corrected chi connectivity index (χ4v) is 9.00. The van der Waals surface area contributed by atoms with Crippen LogP contribution in [0, 0.1) is 0 Å². The van der Waals surface area contributed by atoms with Crippen LogP contribution in [0.5, 0.6) is 0 Å². The van der Waals surface area contributed by atoms with Crippen molar-refractivity contribution in [3.05, 3.63) is 12.2 Å². The van der Waals surface area contributed by atoms with E-state index in [1.54, 1.807) is 16.7 Å². The molecule has 0 aromatic carbocycles. The number of hydrogen-bond donors (Lipinski definition) is 3. The summed E-state index contributed by atoms with van der Waals surface area (Å²) in [7, 11) is -10.7. The largest absolute Gasteiger partial charge is 0.343 e. The molecule has 3 N–H and O–H groups in total. The third kappa shape index (κ3) is 15.7. The second-order valence-electron chi connectivity index (χ2n) is 10.1. The molecule has 0 radical (unpaired) electrons. The van der Waals surface area contributed by atoms with Crippen LogP contribution in [0.15, 0.2) is 12.2 Å². The molecule has 0 saturated carbocycles. The number of allylic oxidation sites excluding steroid dienone is 1. The minimum atomic E-state index is -3.61. The molecule has 0 aromatic rings. The van der Waals surface area contributed by atoms with E-state index in [0.29, 0.717) is 45.7 Å². The first-order valence-electron chi connectivity index (χ1n) is 12.2. The Morgan fingerprint density at radius 1 is 0.611 bits per heavy atom. The number of carbonyl (C=O) groups is 2. The highest BCUT2D eigenvalue weighted by atomic mass is 31.2. The fraction of sp³-hybridized carbons (Fsp3) is 0.818. The van der Waals surface area contributed by atoms with Crippen molar-refractivity contribution in [3.8, 4) is 0 Å². The molecule has 1 aliphatic rings. The van der Waals surface area contributed by atoms with Gasteiger partial charge in [-0.05, 0) is 27.2 Å². The predicted molar refractivity (Wildman–Crippen MR) is 143 cm³/mol. The van der Waals surface area contributed by atoms with E-state index in [2.05, 4.69) is 6.58 Å². The Morgan fingerprint density at radius 2 is 0.861 bits per heavy atom. The molecule has 0 bridgehead atoms. The van der Waals surface area contributed by atoms with Gasteiger partial charge in [0.15, 0.2) is 0 Å². The Hall–Kier alpha value is -0.470. The molecular formula is C22H44N3O8P3. The maximum absolute atomic E-state index is 12.8. The van der Waals surface area contributed by atoms with Gasteiger partial charge < -0.3 is 24.3 Å². The second-order valence-corrected chi connectivity index (χ2v) is 17.4. The van der Waals surface area contributed by atoms with Crippen LogP contribution in [0.1, 0.15) is 40.0 Å². The molecule has 3 atom stereocenters. The minimum Gasteiger partial charge on any atom is -0.343 e. The van der Waals surface area contributed by atoms with Gasteiger partial charge in [0.25, 0.3) is 0 Å². The topological polar surface area (TPSA) is 156 Å². The zero-order chi connectivity index (χ0) is 27.6. The summed E-state index contributed by atoms with van der Waals surface area (Å²) in [4.78, 5) is 59.3. The van der Waals surface area contributed by atoms with E-state index in [9.17, 15) is 38.0 Å². The first-order chi connectivity index (χ1) is 16.5. The third-order valence-corrected chi connectivity index (χ3v) is 11.3. The van der Waals surface area contributed by atoms with Gasteiger partial charge in [-0.25, -0.2) is 0 Å². The lowest BCUT2D eigenvalue weighted by Gasteiger charge is -2.28. The quantitative estimate of drug-likeness (QED) is 0.196. The SMILES string of the molecule is C=C(C)CCP(=O)(O)CN1CCN(CP(=O)(O)CCC(C)=O)CCN(CP(=O)(O)CCC(C)=O)CC1. The molecule has 0 aromatic heterocycles. The first kappa shape index (κ1) is 33.6. The van der Waals surface area contributed by atoms with E-state index >= 15 is 0 Å². The molecule has 1 rings (SSSR count). The summed E-state index contributed by atoms with van der Waals surface area (Å²) in [5.41, 5.74) is 0.819. The van der Waals surface area contributed by atoms with E-state index < -0.39 is 22.1 Å². The standard InChI is InChI=1S/C22H44N3O8P3/c1-20(2)5-14-34(28,29)17-23-8-10-24(18-35(30,31)15-6-21(3)26)12-13-25(11-9-23)19-36(32,33)16-7-22(4)27/h1,5-19H2,2-4H3,(H,28,29)(H,30,31)(H,32,33). The van der Waals surface area contributed by atoms with Crippen molar-refractivity contribution in [2.75, 3.05) is 76.6 Å². The molecule has 0 aliphatic carbocycles. The Labute approximate surface area is 215 Å². The Morgan fingerprint density at radius 3 is 1.08 bits per heavy atom. The summed E-state index contributed by atoms with van der Waals surface area (Å²) in [6, 6.07) is 0. The molecule has 1 fully saturated rings. The third-order valence-electron chi connectivity index (χ3n) is 5.97. The van der Waals surface area contributed by atoms with Gasteiger partial charge in [0.2, 0.25) is 22.1 Å². The molecule has 0 spiro atoms. The maximum Gasteiger partial charge on any atom is 0.214 e. The minimum absolute atomic E-state index is 0.0140. The normalized spacial score (nSPS) is 21.8. The van der Waals surface area contributed by atoms with Crippen LogP contribution in [-0.2, 0) is 23.3 Å². The zero-order valence-electron chi connectivity index (χ0n) is 21.9. The van der Waals surface area contributed by atoms with Gasteiger partial charge in [-0.15, -0.1) is 6.58 Å². The lowest BCUT2D eigenvalue weighted by atomic mass is 10.3. The van der Waals surface area contributed by atoms with Crippen molar-refractivity contribution in [2.24, 2.45) is 0 Å². The van der Waals surface area contributed by atoms with Crippen LogP contribution in [0.25, 0.3) is 0 Å². The molecule has 14 heteroatoms. The van der Waals surface area contributed by atoms with Crippen LogP contribution < -0.4 is 0 Å². The van der Waals surface area contributed by atoms with E-state index in [1.165, 1.54) is 13.8 Å². The van der Waals surface area contributed by atoms with Crippen molar-refractivity contribution in [1.29, 1.82) is 0 Å². The molecule has 1 aliphatic heterocycles. The van der Waals surface area contributed by atoms with Crippen LogP contribution in [0.2, 0.25) is 0 Å². The monoisotopic (exact) mass is 571 g/mol. The van der Waals surface area contributed by atoms with Crippen molar-refractivity contribution < 1.29 is 38.0 Å². The van der Waals surface area contributed by atoms with Crippen molar-refractivity contribution >= 4 is 33.7 Å². The second kappa shape index (κ2) is 15.2. The van der Waals surface area contributed by atoms with Crippen LogP contribution in [0.4, 0.5) is 0 Å². The van der Waals surface area contributed by atoms with Gasteiger partial charge in [0, 0.05) is 70.6 Å². The number of nitrogens with zero attached hydrogens (tertiary/aromatic N) is 3. The summed E-state index contributed by atoms with van der Waals surface area (Å²) in [6.07, 6.45) is 0.0366. The lowest BCUT2D eigenvalue weighted by Crippen LogP contribution is -2.37. The number of hydrogen-bond acceptors (Lipinski definition) is 8. The van der Waals surface area contributed by atoms with Gasteiger partial charge in [0.05, 0.1) is 18.9 Å². The molecular weight excluding hydrogens is 527 g/mol. The average Bonchev–Trinajstić information content (AvgIpc) is 2.81. The van der Waals surface area contributed by atoms with E-state index in [4.69, 9.17) is 0 Å². The predicted octanol–water partition coefficient (Wildman–Crippen LogP) is 2.51. The maximum atomic E-state index is 12.8. The van der Waals surface area contributed by atoms with Gasteiger partial charge in [-0.3, -0.25) is 28.4 Å². The molecule has 1 saturated heterocycles. The first-order valence-corrected chi connectivity index (χ1v) is 18.3. The molecule has 210 valence electrons. The summed E-state index contributed by atoms with van der Waals surface area (Å²) in [5.74, 6) is -0.326. The van der Waals surface area contributed by atoms with Crippen molar-refractivity contribution in [3.63, 3.8) is 0 Å². The molecule has 1 heterocycles. The number of rotatable bonds is 15. The molecule has 11 nitrogen and oxygen atoms in total. The van der Waals surface area contributed by atoms with Crippen LogP contribution in [-0.4, -0.2) is 118 Å². The molecule has 3 unspecified atom stereocenters. The van der Waals surface area contributed by atoms with Gasteiger partial charge in [0.1, 0.15) is 11.6 Å². The number of ketones is 2. The van der Waals surface area contributed by atoms with Gasteiger partial charge >= 0.3 is 0 Å². The Balaban J connectivity index is 3.00. The summed E-state index contributed by atoms with van der Waals surface area (Å²) in [5, 5.41) is 0. The Kier molecular flexibility index (Phi) is 14.2. The van der Waals surface area contributed by atoms with Crippen molar-refractivity contribution in [2.45, 2.75) is 40.0 Å². The van der Waals surface area contributed by atoms with Gasteiger partial charge in [-0.1, -0.05) is 5.57 Å². The number of Topliss-reactive ketones (excluding diaryl/α,β-unsaturated/α-hetero) is 2. The van der Waals surface area contributed by atoms with Crippen LogP contribution >= 0.6 is 22.1 Å². The molecule has 36 heavy (non-hydrogen) atoms. The smallest absolute Gasteiger partial charge is 0.214 e. The van der Waals surface area contributed by atoms with Gasteiger partial charge in [-0.2, -0.15) is 0 Å². The average molecular weight is 572 g/mol. The fourth-order valence-electron chi connectivity index (χ4n) is 3.79. The molecule has 0 amide bonds. The highest BCUT2D eigenvalue weighted by molar-refractivity contribution is 7.58. The lowest BCUT2D eigenvalue weighted by molar-refractivity contribution is -0.117. The zero-order valence-corrected chi connectivity index (χ0v) is 24.6. The highest BCUT2D eigenvalue weighted by Crippen LogP contribution is 2.44. The van der Waals surface area contributed by atoms with Crippen LogP contribution in [0.3, 0.4) is 0 Å². The van der Waals surface area contributed by atoms with E-state index in [0.717, 1.165) is 5.57 Å². The summed E-state index contributed by atoms with van der Waals surface area (Å²) < 4.78 is 38.2. The summed E-state index contributed by atoms with van der Waals surface area (Å²) in [6.45, 7) is 10.6. The Bertz CT molecular complexity index is 787.